The van der Waals surface area contributed by atoms with Gasteiger partial charge in [-0.05, 0) is 19.9 Å². The molecule has 1 aliphatic heterocycles. The van der Waals surface area contributed by atoms with Crippen LogP contribution in [0.15, 0.2) is 0 Å². The lowest BCUT2D eigenvalue weighted by molar-refractivity contribution is -0.253. The quantitative estimate of drug-likeness (QED) is 0.400. The first-order valence-corrected chi connectivity index (χ1v) is 7.17. The normalized spacial score (nSPS) is 31.7. The van der Waals surface area contributed by atoms with Crippen molar-refractivity contribution in [2.45, 2.75) is 63.9 Å². The molecule has 8 nitrogen and oxygen atoms in total. The predicted molar refractivity (Wildman–Crippen MR) is 79.3 cm³/mol. The molecule has 0 radical (unpaired) electrons. The summed E-state index contributed by atoms with van der Waals surface area (Å²) >= 11 is 0. The van der Waals surface area contributed by atoms with Crippen molar-refractivity contribution in [3.63, 3.8) is 0 Å². The molecule has 6 atom stereocenters. The maximum Gasteiger partial charge on any atom is 0.290 e. The van der Waals surface area contributed by atoms with Crippen LogP contribution in [0.25, 0.3) is 0 Å². The molecule has 1 rings (SSSR count). The second kappa shape index (κ2) is 10.9. The summed E-state index contributed by atoms with van der Waals surface area (Å²) in [5.41, 5.74) is 0. The van der Waals surface area contributed by atoms with Crippen LogP contribution in [0.4, 0.5) is 0 Å². The summed E-state index contributed by atoms with van der Waals surface area (Å²) in [6.45, 7) is 3.92. The molecule has 22 heavy (non-hydrogen) atoms. The van der Waals surface area contributed by atoms with Crippen molar-refractivity contribution in [3.8, 4) is 0 Å². The van der Waals surface area contributed by atoms with E-state index in [-0.39, 0.29) is 13.4 Å². The number of aliphatic hydroxyl groups excluding tert-OH is 3. The van der Waals surface area contributed by atoms with Crippen molar-refractivity contribution in [1.82, 2.24) is 5.32 Å². The van der Waals surface area contributed by atoms with Crippen molar-refractivity contribution in [2.24, 2.45) is 5.92 Å². The molecule has 5 N–H and O–H groups in total. The van der Waals surface area contributed by atoms with Gasteiger partial charge in [0.05, 0.1) is 24.9 Å². The Morgan fingerprint density at radius 2 is 2.09 bits per heavy atom. The monoisotopic (exact) mass is 324 g/mol. The first-order valence-electron chi connectivity index (χ1n) is 7.88. The molecule has 8 heteroatoms. The van der Waals surface area contributed by atoms with Gasteiger partial charge in [0, 0.05) is 7.79 Å². The Kier molecular flexibility index (Phi) is 9.53. The zero-order valence-corrected chi connectivity index (χ0v) is 13.3. The Bertz CT molecular complexity index is 322. The zero-order chi connectivity index (χ0) is 18.0. The van der Waals surface area contributed by atoms with E-state index < -0.39 is 36.7 Å². The zero-order valence-electron chi connectivity index (χ0n) is 14.3. The third kappa shape index (κ3) is 6.99. The number of hydrogen-bond donors (Lipinski definition) is 5. The second-order valence-corrected chi connectivity index (χ2v) is 5.54. The van der Waals surface area contributed by atoms with Gasteiger partial charge in [0.25, 0.3) is 6.47 Å². The predicted octanol–water partition coefficient (Wildman–Crippen LogP) is -0.835. The SMILES string of the molecule is O=CO.[2H]CC(O)C(O)C1OC(OCC(C)C)CC(O)C1NC. The summed E-state index contributed by atoms with van der Waals surface area (Å²) in [4.78, 5) is 8.36. The molecule has 1 aliphatic rings. The van der Waals surface area contributed by atoms with E-state index in [1.165, 1.54) is 0 Å². The fourth-order valence-electron chi connectivity index (χ4n) is 2.15. The lowest BCUT2D eigenvalue weighted by Gasteiger charge is -2.42. The molecule has 0 aromatic carbocycles. The number of aliphatic hydroxyl groups is 3. The highest BCUT2D eigenvalue weighted by molar-refractivity contribution is 5.32. The van der Waals surface area contributed by atoms with E-state index in [4.69, 9.17) is 20.7 Å². The van der Waals surface area contributed by atoms with Crippen molar-refractivity contribution >= 4 is 6.47 Å². The van der Waals surface area contributed by atoms with E-state index in [2.05, 4.69) is 5.32 Å². The Morgan fingerprint density at radius 1 is 1.50 bits per heavy atom. The molecule has 1 heterocycles. The van der Waals surface area contributed by atoms with Crippen LogP contribution in [0.1, 0.15) is 28.5 Å². The van der Waals surface area contributed by atoms with Gasteiger partial charge < -0.3 is 35.2 Å². The van der Waals surface area contributed by atoms with Crippen LogP contribution in [0.5, 0.6) is 0 Å². The Balaban J connectivity index is 0.00000149. The van der Waals surface area contributed by atoms with Gasteiger partial charge in [-0.3, -0.25) is 4.79 Å². The van der Waals surface area contributed by atoms with E-state index in [0.29, 0.717) is 18.9 Å². The smallest absolute Gasteiger partial charge is 0.290 e. The number of hydrogen-bond acceptors (Lipinski definition) is 7. The summed E-state index contributed by atoms with van der Waals surface area (Å²) in [6.07, 6.45) is -4.34. The summed E-state index contributed by atoms with van der Waals surface area (Å²) < 4.78 is 18.3. The standard InChI is InChI=1S/C13H27NO5.CH2O2/c1-7(2)6-18-10-5-9(16)11(14-4)13(19-10)12(17)8(3)15;2-1-3/h7-17H,5-6H2,1-4H3;1H,(H,2,3)/i3D;. The molecule has 1 saturated heterocycles. The molecule has 0 amide bonds. The minimum Gasteiger partial charge on any atom is -0.483 e. The Morgan fingerprint density at radius 3 is 2.55 bits per heavy atom. The van der Waals surface area contributed by atoms with Gasteiger partial charge in [-0.2, -0.15) is 0 Å². The second-order valence-electron chi connectivity index (χ2n) is 5.54. The fraction of sp³-hybridized carbons (Fsp3) is 0.929. The fourth-order valence-corrected chi connectivity index (χ4v) is 2.15. The highest BCUT2D eigenvalue weighted by Gasteiger charge is 2.42. The van der Waals surface area contributed by atoms with Gasteiger partial charge in [-0.25, -0.2) is 0 Å². The van der Waals surface area contributed by atoms with E-state index in [9.17, 15) is 15.3 Å². The van der Waals surface area contributed by atoms with E-state index in [1.807, 2.05) is 13.8 Å². The molecule has 0 aliphatic carbocycles. The van der Waals surface area contributed by atoms with Gasteiger partial charge in [-0.15, -0.1) is 0 Å². The minimum atomic E-state index is -1.25. The minimum absolute atomic E-state index is 0.250. The average Bonchev–Trinajstić information content (AvgIpc) is 2.51. The number of carbonyl (C=O) groups is 1. The van der Waals surface area contributed by atoms with Crippen molar-refractivity contribution < 1.29 is 36.1 Å². The molecular formula is C14H29NO7. The van der Waals surface area contributed by atoms with E-state index in [1.54, 1.807) is 7.05 Å². The molecule has 0 aromatic rings. The van der Waals surface area contributed by atoms with E-state index in [0.717, 1.165) is 0 Å². The van der Waals surface area contributed by atoms with Crippen LogP contribution in [-0.4, -0.2) is 77.3 Å². The maximum absolute atomic E-state index is 10.1. The van der Waals surface area contributed by atoms with Gasteiger partial charge in [0.15, 0.2) is 6.29 Å². The third-order valence-electron chi connectivity index (χ3n) is 3.19. The highest BCUT2D eigenvalue weighted by atomic mass is 16.7. The first-order chi connectivity index (χ1) is 10.8. The molecule has 0 aromatic heterocycles. The Labute approximate surface area is 132 Å². The van der Waals surface area contributed by atoms with Gasteiger partial charge in [0.1, 0.15) is 12.2 Å². The van der Waals surface area contributed by atoms with Gasteiger partial charge in [-0.1, -0.05) is 13.8 Å². The highest BCUT2D eigenvalue weighted by Crippen LogP contribution is 2.25. The molecule has 0 bridgehead atoms. The molecule has 6 unspecified atom stereocenters. The molecule has 132 valence electrons. The summed E-state index contributed by atoms with van der Waals surface area (Å²) in [5, 5.41) is 39.6. The maximum atomic E-state index is 10.1. The number of likely N-dealkylation sites (N-methyl/N-ethyl adjacent to an activating group) is 1. The van der Waals surface area contributed by atoms with Crippen LogP contribution in [0, 0.1) is 5.92 Å². The van der Waals surface area contributed by atoms with Crippen LogP contribution >= 0.6 is 0 Å². The lowest BCUT2D eigenvalue weighted by atomic mass is 9.93. The molecule has 0 saturated carbocycles. The van der Waals surface area contributed by atoms with Crippen molar-refractivity contribution in [3.05, 3.63) is 0 Å². The Hall–Kier alpha value is -0.770. The van der Waals surface area contributed by atoms with Crippen LogP contribution < -0.4 is 5.32 Å². The summed E-state index contributed by atoms with van der Waals surface area (Å²) in [7, 11) is 1.65. The summed E-state index contributed by atoms with van der Waals surface area (Å²) in [5.74, 6) is 0.333. The number of ether oxygens (including phenoxy) is 2. The average molecular weight is 324 g/mol. The van der Waals surface area contributed by atoms with E-state index >= 15 is 0 Å². The summed E-state index contributed by atoms with van der Waals surface area (Å²) in [6, 6.07) is -0.509. The largest absolute Gasteiger partial charge is 0.483 e. The number of rotatable bonds is 6. The number of nitrogens with one attached hydrogen (secondary N) is 1. The first kappa shape index (κ1) is 19.3. The van der Waals surface area contributed by atoms with Crippen LogP contribution in [0.2, 0.25) is 0 Å². The molecule has 0 spiro atoms. The van der Waals surface area contributed by atoms with Crippen molar-refractivity contribution in [1.29, 1.82) is 0 Å². The number of carboxylic acid groups (broad SMARTS) is 1. The van der Waals surface area contributed by atoms with Gasteiger partial charge in [0.2, 0.25) is 0 Å². The van der Waals surface area contributed by atoms with Crippen LogP contribution in [0.3, 0.4) is 0 Å². The molecule has 1 fully saturated rings. The van der Waals surface area contributed by atoms with Gasteiger partial charge >= 0.3 is 0 Å². The lowest BCUT2D eigenvalue weighted by Crippen LogP contribution is -2.60. The third-order valence-corrected chi connectivity index (χ3v) is 3.19. The topological polar surface area (TPSA) is 128 Å². The van der Waals surface area contributed by atoms with Crippen molar-refractivity contribution in [2.75, 3.05) is 13.7 Å². The van der Waals surface area contributed by atoms with Crippen LogP contribution in [-0.2, 0) is 14.3 Å². The molecular weight excluding hydrogens is 294 g/mol.